The topological polar surface area (TPSA) is 60.3 Å². The van der Waals surface area contributed by atoms with Crippen LogP contribution in [0.2, 0.25) is 0 Å². The number of hydrogen-bond donors (Lipinski definition) is 2. The lowest BCUT2D eigenvalue weighted by Gasteiger charge is -2.25. The minimum Gasteiger partial charge on any atom is -0.375 e. The summed E-state index contributed by atoms with van der Waals surface area (Å²) in [7, 11) is 1.96. The first-order valence-corrected chi connectivity index (χ1v) is 9.47. The molecule has 2 aromatic rings. The van der Waals surface area contributed by atoms with E-state index in [4.69, 9.17) is 10.00 Å². The molecule has 1 saturated heterocycles. The maximum atomic E-state index is 14.3. The fourth-order valence-electron chi connectivity index (χ4n) is 3.85. The molecule has 4 rings (SSSR count). The molecule has 2 N–H and O–H groups in total. The van der Waals surface area contributed by atoms with Crippen molar-refractivity contribution in [1.82, 2.24) is 15.8 Å². The van der Waals surface area contributed by atoms with Crippen molar-refractivity contribution >= 4 is 5.57 Å². The third-order valence-corrected chi connectivity index (χ3v) is 5.19. The minimum absolute atomic E-state index is 0.0598. The van der Waals surface area contributed by atoms with Crippen LogP contribution in [-0.2, 0) is 11.2 Å². The Morgan fingerprint density at radius 2 is 2.21 bits per heavy atom. The van der Waals surface area contributed by atoms with Crippen LogP contribution in [0.15, 0.2) is 42.6 Å². The van der Waals surface area contributed by atoms with Crippen molar-refractivity contribution in [2.45, 2.75) is 12.5 Å². The van der Waals surface area contributed by atoms with Gasteiger partial charge in [0.25, 0.3) is 0 Å². The summed E-state index contributed by atoms with van der Waals surface area (Å²) in [6.45, 7) is 3.14. The molecule has 0 aliphatic carbocycles. The number of nitrogens with zero attached hydrogens (tertiary/aromatic N) is 2. The highest BCUT2D eigenvalue weighted by Crippen LogP contribution is 2.34. The molecule has 0 spiro atoms. The van der Waals surface area contributed by atoms with E-state index in [9.17, 15) is 4.39 Å². The van der Waals surface area contributed by atoms with E-state index in [1.165, 1.54) is 11.6 Å². The maximum absolute atomic E-state index is 14.3. The predicted molar refractivity (Wildman–Crippen MR) is 107 cm³/mol. The normalized spacial score (nSPS) is 19.4. The van der Waals surface area contributed by atoms with Crippen molar-refractivity contribution in [2.24, 2.45) is 0 Å². The Labute approximate surface area is 164 Å². The maximum Gasteiger partial charge on any atom is 0.141 e. The summed E-state index contributed by atoms with van der Waals surface area (Å²) in [5, 5.41) is 14.3. The molecule has 6 heteroatoms. The van der Waals surface area contributed by atoms with Crippen LogP contribution in [0.25, 0.3) is 16.7 Å². The van der Waals surface area contributed by atoms with Gasteiger partial charge < -0.3 is 15.1 Å². The Morgan fingerprint density at radius 1 is 1.32 bits per heavy atom. The van der Waals surface area contributed by atoms with Gasteiger partial charge in [-0.1, -0.05) is 24.3 Å². The van der Waals surface area contributed by atoms with Crippen molar-refractivity contribution in [3.05, 3.63) is 65.1 Å². The van der Waals surface area contributed by atoms with Gasteiger partial charge in [-0.3, -0.25) is 0 Å². The van der Waals surface area contributed by atoms with Gasteiger partial charge in [0.2, 0.25) is 0 Å². The fraction of sp³-hybridized carbons (Fsp3) is 0.318. The van der Waals surface area contributed by atoms with Gasteiger partial charge in [-0.05, 0) is 40.0 Å². The van der Waals surface area contributed by atoms with E-state index in [2.05, 4.69) is 23.0 Å². The number of nitriles is 1. The van der Waals surface area contributed by atoms with Crippen LogP contribution < -0.4 is 10.7 Å². The summed E-state index contributed by atoms with van der Waals surface area (Å²) in [6, 6.07) is 12.8. The van der Waals surface area contributed by atoms with Crippen molar-refractivity contribution in [3.8, 4) is 17.2 Å². The smallest absolute Gasteiger partial charge is 0.141 e. The Bertz CT molecular complexity index is 944. The molecule has 28 heavy (non-hydrogen) atoms. The van der Waals surface area contributed by atoms with Gasteiger partial charge in [0, 0.05) is 39.3 Å². The lowest BCUT2D eigenvalue weighted by Crippen LogP contribution is -2.39. The molecule has 144 valence electrons. The molecule has 0 radical (unpaired) electrons. The highest BCUT2D eigenvalue weighted by atomic mass is 19.1. The van der Waals surface area contributed by atoms with Gasteiger partial charge >= 0.3 is 0 Å². The zero-order valence-electron chi connectivity index (χ0n) is 15.8. The Balaban J connectivity index is 1.79. The van der Waals surface area contributed by atoms with E-state index < -0.39 is 5.82 Å². The van der Waals surface area contributed by atoms with E-state index in [0.717, 1.165) is 41.8 Å². The molecule has 1 unspecified atom stereocenters. The molecular formula is C22H23FN4O. The van der Waals surface area contributed by atoms with Crippen LogP contribution in [0.3, 0.4) is 0 Å². The second-order valence-electron chi connectivity index (χ2n) is 7.15. The standard InChI is InChI=1S/C22H23FN4O/c1-27-14-18(12-26-27)22-16(9-19-13-25-7-8-28-19)3-2-4-20(22)15-5-6-17(11-24)21(23)10-15/h2-6,10,14,19,25-26H,7-9,12-13H2,1H3. The zero-order valence-corrected chi connectivity index (χ0v) is 15.8. The number of benzene rings is 2. The van der Waals surface area contributed by atoms with Gasteiger partial charge in [0.1, 0.15) is 11.9 Å². The van der Waals surface area contributed by atoms with Crippen molar-refractivity contribution in [1.29, 1.82) is 5.26 Å². The van der Waals surface area contributed by atoms with Gasteiger partial charge in [-0.25, -0.2) is 9.82 Å². The molecule has 2 heterocycles. The molecule has 1 atom stereocenters. The molecule has 0 bridgehead atoms. The lowest BCUT2D eigenvalue weighted by molar-refractivity contribution is 0.0292. The molecule has 2 aliphatic rings. The number of morpholine rings is 1. The molecule has 1 fully saturated rings. The number of rotatable bonds is 4. The number of hydrogen-bond acceptors (Lipinski definition) is 5. The van der Waals surface area contributed by atoms with Gasteiger partial charge in [0.15, 0.2) is 0 Å². The summed E-state index contributed by atoms with van der Waals surface area (Å²) in [4.78, 5) is 0. The number of ether oxygens (including phenoxy) is 1. The second kappa shape index (κ2) is 8.11. The summed E-state index contributed by atoms with van der Waals surface area (Å²) in [6.07, 6.45) is 2.98. The number of halogens is 1. The Hall–Kier alpha value is -2.72. The monoisotopic (exact) mass is 378 g/mol. The summed E-state index contributed by atoms with van der Waals surface area (Å²) >= 11 is 0. The SMILES string of the molecule is CN1C=C(c2c(CC3CNCCO3)cccc2-c2ccc(C#N)c(F)c2)CN1. The van der Waals surface area contributed by atoms with Crippen LogP contribution in [0.4, 0.5) is 4.39 Å². The third kappa shape index (κ3) is 3.78. The van der Waals surface area contributed by atoms with Crippen LogP contribution in [0, 0.1) is 17.1 Å². The van der Waals surface area contributed by atoms with Gasteiger partial charge in [-0.2, -0.15) is 5.26 Å². The predicted octanol–water partition coefficient (Wildman–Crippen LogP) is 2.69. The van der Waals surface area contributed by atoms with Crippen molar-refractivity contribution in [3.63, 3.8) is 0 Å². The molecule has 2 aliphatic heterocycles. The zero-order chi connectivity index (χ0) is 19.5. The van der Waals surface area contributed by atoms with Crippen LogP contribution in [0.5, 0.6) is 0 Å². The van der Waals surface area contributed by atoms with E-state index in [0.29, 0.717) is 13.2 Å². The first-order valence-electron chi connectivity index (χ1n) is 9.47. The molecule has 0 aromatic heterocycles. The Morgan fingerprint density at radius 3 is 2.89 bits per heavy atom. The summed E-state index contributed by atoms with van der Waals surface area (Å²) in [5.41, 5.74) is 8.53. The first kappa shape index (κ1) is 18.6. The first-order chi connectivity index (χ1) is 13.7. The van der Waals surface area contributed by atoms with Crippen molar-refractivity contribution in [2.75, 3.05) is 33.3 Å². The summed E-state index contributed by atoms with van der Waals surface area (Å²) in [5.74, 6) is -0.494. The molecule has 5 nitrogen and oxygen atoms in total. The van der Waals surface area contributed by atoms with Gasteiger partial charge in [0.05, 0.1) is 18.3 Å². The average Bonchev–Trinajstić information content (AvgIpc) is 3.14. The fourth-order valence-corrected chi connectivity index (χ4v) is 3.85. The highest BCUT2D eigenvalue weighted by molar-refractivity contribution is 5.84. The van der Waals surface area contributed by atoms with E-state index in [1.807, 2.05) is 36.3 Å². The average molecular weight is 378 g/mol. The van der Waals surface area contributed by atoms with Crippen molar-refractivity contribution < 1.29 is 9.13 Å². The summed E-state index contributed by atoms with van der Waals surface area (Å²) < 4.78 is 20.2. The van der Waals surface area contributed by atoms with E-state index in [1.54, 1.807) is 6.07 Å². The quantitative estimate of drug-likeness (QED) is 0.857. The van der Waals surface area contributed by atoms with E-state index >= 15 is 0 Å². The molecule has 0 saturated carbocycles. The molecular weight excluding hydrogens is 355 g/mol. The van der Waals surface area contributed by atoms with E-state index in [-0.39, 0.29) is 11.7 Å². The number of hydrazine groups is 1. The molecule has 0 amide bonds. The molecule has 2 aromatic carbocycles. The van der Waals surface area contributed by atoms with Gasteiger partial charge in [-0.15, -0.1) is 0 Å². The highest BCUT2D eigenvalue weighted by Gasteiger charge is 2.22. The second-order valence-corrected chi connectivity index (χ2v) is 7.15. The minimum atomic E-state index is -0.494. The Kier molecular flexibility index (Phi) is 5.40. The van der Waals surface area contributed by atoms with Crippen LogP contribution >= 0.6 is 0 Å². The number of nitrogens with one attached hydrogen (secondary N) is 2. The largest absolute Gasteiger partial charge is 0.375 e. The third-order valence-electron chi connectivity index (χ3n) is 5.19. The van der Waals surface area contributed by atoms with Crippen LogP contribution in [0.1, 0.15) is 16.7 Å². The lowest BCUT2D eigenvalue weighted by atomic mass is 9.88. The van der Waals surface area contributed by atoms with Crippen LogP contribution in [-0.4, -0.2) is 44.4 Å².